The van der Waals surface area contributed by atoms with Gasteiger partial charge in [0.2, 0.25) is 0 Å². The number of methoxy groups -OCH3 is 1. The Labute approximate surface area is 104 Å². The maximum absolute atomic E-state index is 5.12. The number of aromatic nitrogens is 1. The monoisotopic (exact) mass is 234 g/mol. The molecule has 3 heteroatoms. The van der Waals surface area contributed by atoms with E-state index >= 15 is 0 Å². The van der Waals surface area contributed by atoms with Gasteiger partial charge in [-0.15, -0.1) is 0 Å². The van der Waals surface area contributed by atoms with Gasteiger partial charge in [0.05, 0.1) is 6.61 Å². The third-order valence-corrected chi connectivity index (χ3v) is 3.45. The van der Waals surface area contributed by atoms with Crippen molar-refractivity contribution in [2.45, 2.75) is 19.8 Å². The van der Waals surface area contributed by atoms with Crippen molar-refractivity contribution in [1.29, 1.82) is 0 Å². The first-order chi connectivity index (χ1) is 8.28. The quantitative estimate of drug-likeness (QED) is 0.778. The predicted octanol–water partition coefficient (Wildman–Crippen LogP) is 1.90. The summed E-state index contributed by atoms with van der Waals surface area (Å²) in [6.45, 7) is 6.39. The molecule has 1 aromatic heterocycles. The minimum Gasteiger partial charge on any atom is -0.383 e. The summed E-state index contributed by atoms with van der Waals surface area (Å²) in [5.74, 6) is 0.766. The van der Waals surface area contributed by atoms with Crippen LogP contribution in [0.4, 0.5) is 0 Å². The summed E-state index contributed by atoms with van der Waals surface area (Å²) >= 11 is 0. The van der Waals surface area contributed by atoms with Gasteiger partial charge in [-0.2, -0.15) is 0 Å². The molecule has 3 nitrogen and oxygen atoms in total. The van der Waals surface area contributed by atoms with Crippen molar-refractivity contribution in [3.05, 3.63) is 29.6 Å². The van der Waals surface area contributed by atoms with Crippen LogP contribution in [0.25, 0.3) is 0 Å². The third-order valence-electron chi connectivity index (χ3n) is 3.45. The summed E-state index contributed by atoms with van der Waals surface area (Å²) in [5, 5.41) is 0. The van der Waals surface area contributed by atoms with Crippen LogP contribution in [-0.2, 0) is 11.2 Å². The van der Waals surface area contributed by atoms with Crippen LogP contribution >= 0.6 is 0 Å². The van der Waals surface area contributed by atoms with Crippen LogP contribution in [0.5, 0.6) is 0 Å². The van der Waals surface area contributed by atoms with Gasteiger partial charge in [0, 0.05) is 32.1 Å². The molecule has 0 aromatic carbocycles. The molecule has 1 aliphatic heterocycles. The van der Waals surface area contributed by atoms with Gasteiger partial charge in [-0.05, 0) is 43.9 Å². The summed E-state index contributed by atoms with van der Waals surface area (Å²) < 4.78 is 5.12. The summed E-state index contributed by atoms with van der Waals surface area (Å²) in [5.41, 5.74) is 2.47. The van der Waals surface area contributed by atoms with Crippen LogP contribution in [0.15, 0.2) is 18.3 Å². The first kappa shape index (κ1) is 12.5. The number of pyridine rings is 1. The lowest BCUT2D eigenvalue weighted by Crippen LogP contribution is -2.25. The molecule has 0 spiro atoms. The zero-order valence-corrected chi connectivity index (χ0v) is 10.9. The van der Waals surface area contributed by atoms with Crippen molar-refractivity contribution in [2.75, 3.05) is 33.4 Å². The van der Waals surface area contributed by atoms with Crippen LogP contribution in [0.3, 0.4) is 0 Å². The average Bonchev–Trinajstić information content (AvgIpc) is 2.77. The molecule has 1 aliphatic rings. The van der Waals surface area contributed by atoms with E-state index in [4.69, 9.17) is 4.74 Å². The zero-order chi connectivity index (χ0) is 12.1. The van der Waals surface area contributed by atoms with Crippen molar-refractivity contribution in [3.63, 3.8) is 0 Å². The largest absolute Gasteiger partial charge is 0.383 e. The molecule has 0 aliphatic carbocycles. The Kier molecular flexibility index (Phi) is 4.51. The van der Waals surface area contributed by atoms with Crippen molar-refractivity contribution in [1.82, 2.24) is 9.88 Å². The van der Waals surface area contributed by atoms with Crippen LogP contribution in [-0.4, -0.2) is 43.2 Å². The number of hydrogen-bond donors (Lipinski definition) is 0. The van der Waals surface area contributed by atoms with Gasteiger partial charge in [-0.3, -0.25) is 4.98 Å². The maximum atomic E-state index is 5.12. The Hall–Kier alpha value is -0.930. The van der Waals surface area contributed by atoms with E-state index in [-0.39, 0.29) is 0 Å². The third kappa shape index (κ3) is 3.79. The Morgan fingerprint density at radius 3 is 3.06 bits per heavy atom. The van der Waals surface area contributed by atoms with Crippen LogP contribution in [0.1, 0.15) is 17.7 Å². The van der Waals surface area contributed by atoms with Gasteiger partial charge in [0.25, 0.3) is 0 Å². The van der Waals surface area contributed by atoms with E-state index in [2.05, 4.69) is 28.9 Å². The molecule has 2 rings (SSSR count). The van der Waals surface area contributed by atoms with E-state index in [9.17, 15) is 0 Å². The second-order valence-corrected chi connectivity index (χ2v) is 4.98. The van der Waals surface area contributed by atoms with Crippen LogP contribution in [0, 0.1) is 12.8 Å². The van der Waals surface area contributed by atoms with E-state index in [1.807, 2.05) is 6.20 Å². The minimum atomic E-state index is 0.766. The normalized spacial score (nSPS) is 20.9. The summed E-state index contributed by atoms with van der Waals surface area (Å²) in [4.78, 5) is 6.97. The highest BCUT2D eigenvalue weighted by atomic mass is 16.5. The molecular formula is C14H22N2O. The summed E-state index contributed by atoms with van der Waals surface area (Å²) in [7, 11) is 1.77. The molecule has 1 fully saturated rings. The van der Waals surface area contributed by atoms with E-state index in [0.717, 1.165) is 25.5 Å². The molecule has 0 saturated carbocycles. The number of nitrogens with zero attached hydrogens (tertiary/aromatic N) is 2. The highest BCUT2D eigenvalue weighted by molar-refractivity contribution is 5.12. The number of rotatable bonds is 5. The fourth-order valence-corrected chi connectivity index (χ4v) is 2.42. The van der Waals surface area contributed by atoms with Crippen LogP contribution < -0.4 is 0 Å². The van der Waals surface area contributed by atoms with Gasteiger partial charge in [-0.25, -0.2) is 0 Å². The topological polar surface area (TPSA) is 25.4 Å². The van der Waals surface area contributed by atoms with Gasteiger partial charge in [0.15, 0.2) is 0 Å². The molecule has 17 heavy (non-hydrogen) atoms. The van der Waals surface area contributed by atoms with Gasteiger partial charge in [-0.1, -0.05) is 6.07 Å². The van der Waals surface area contributed by atoms with Crippen LogP contribution in [0.2, 0.25) is 0 Å². The molecule has 94 valence electrons. The van der Waals surface area contributed by atoms with Crippen molar-refractivity contribution >= 4 is 0 Å². The number of aryl methyl sites for hydroxylation is 1. The van der Waals surface area contributed by atoms with E-state index in [1.54, 1.807) is 7.11 Å². The van der Waals surface area contributed by atoms with Gasteiger partial charge in [0.1, 0.15) is 0 Å². The number of hydrogen-bond acceptors (Lipinski definition) is 3. The lowest BCUT2D eigenvalue weighted by Gasteiger charge is -2.15. The summed E-state index contributed by atoms with van der Waals surface area (Å²) in [6.07, 6.45) is 4.37. The molecule has 1 atom stereocenters. The van der Waals surface area contributed by atoms with E-state index in [0.29, 0.717) is 0 Å². The fourth-order valence-electron chi connectivity index (χ4n) is 2.42. The lowest BCUT2D eigenvalue weighted by atomic mass is 10.0. The first-order valence-corrected chi connectivity index (χ1v) is 6.41. The molecule has 0 amide bonds. The summed E-state index contributed by atoms with van der Waals surface area (Å²) in [6, 6.07) is 4.31. The number of likely N-dealkylation sites (tertiary alicyclic amines) is 1. The SMILES string of the molecule is COCCN1CC[C@@H](Cc2ccc(C)cn2)C1. The average molecular weight is 234 g/mol. The van der Waals surface area contributed by atoms with Crippen molar-refractivity contribution in [3.8, 4) is 0 Å². The Morgan fingerprint density at radius 1 is 1.47 bits per heavy atom. The molecule has 0 bridgehead atoms. The van der Waals surface area contributed by atoms with Gasteiger partial charge >= 0.3 is 0 Å². The molecular weight excluding hydrogens is 212 g/mol. The fraction of sp³-hybridized carbons (Fsp3) is 0.643. The smallest absolute Gasteiger partial charge is 0.0589 e. The predicted molar refractivity (Wildman–Crippen MR) is 69.1 cm³/mol. The first-order valence-electron chi connectivity index (χ1n) is 6.41. The van der Waals surface area contributed by atoms with E-state index < -0.39 is 0 Å². The lowest BCUT2D eigenvalue weighted by molar-refractivity contribution is 0.159. The molecule has 0 unspecified atom stereocenters. The molecule has 1 saturated heterocycles. The molecule has 1 aromatic rings. The van der Waals surface area contributed by atoms with E-state index in [1.165, 1.54) is 30.8 Å². The highest BCUT2D eigenvalue weighted by Crippen LogP contribution is 2.19. The Balaban J connectivity index is 1.79. The Bertz CT molecular complexity index is 337. The maximum Gasteiger partial charge on any atom is 0.0589 e. The van der Waals surface area contributed by atoms with Crippen molar-refractivity contribution in [2.24, 2.45) is 5.92 Å². The number of ether oxygens (including phenoxy) is 1. The standard InChI is InChI=1S/C14H22N2O/c1-12-3-4-14(15-10-12)9-13-5-6-16(11-13)7-8-17-2/h3-4,10,13H,5-9,11H2,1-2H3/t13-/m0/s1. The second kappa shape index (κ2) is 6.12. The van der Waals surface area contributed by atoms with Crippen molar-refractivity contribution < 1.29 is 4.74 Å². The minimum absolute atomic E-state index is 0.766. The van der Waals surface area contributed by atoms with Gasteiger partial charge < -0.3 is 9.64 Å². The molecule has 2 heterocycles. The second-order valence-electron chi connectivity index (χ2n) is 4.98. The highest BCUT2D eigenvalue weighted by Gasteiger charge is 2.22. The Morgan fingerprint density at radius 2 is 2.35 bits per heavy atom. The molecule has 0 radical (unpaired) electrons. The molecule has 0 N–H and O–H groups in total. The zero-order valence-electron chi connectivity index (χ0n) is 10.9.